The molecule has 3 N–H and O–H groups in total. The van der Waals surface area contributed by atoms with Crippen LogP contribution in [0.25, 0.3) is 0 Å². The standard InChI is InChI=1S/C98H151N11O8/c1-9-17-25-33-41-49-57-110-83-65-75-73-99-95(79(75)69-87(83)114-61-53-45-37-29-21-13-5)106-91-77-67-85(112-59-51-43-35-27-19-11-3)89(116-63-55-47-39-31-23-15-7)71-81(77)97(102-91)108-93-101-94(105-104-93)109(97)98(108)82-72-90(117-64-56-48-40-32-24-16-8)86(113-60-52-44-36-28-20-12-4)68-78(82)92(103-98)107(95)96(106)80-70-88(115-62-54-46-38-30-22-14-6)84(66-76(80)74-100-96)111-58-50-42-34-26-18-10-2/h65-72,99-100H,9-64,73-74H2,1-8H3,(H,101,104,105). The Balaban J connectivity index is 1.04. The number of fused-ring (bicyclic) bond motifs is 2. The third-order valence-electron chi connectivity index (χ3n) is 25.9. The Morgan fingerprint density at radius 1 is 0.274 bits per heavy atom. The maximum absolute atomic E-state index is 7.27. The van der Waals surface area contributed by atoms with Crippen LogP contribution in [0.15, 0.2) is 58.5 Å². The van der Waals surface area contributed by atoms with Crippen molar-refractivity contribution in [1.82, 2.24) is 35.6 Å². The van der Waals surface area contributed by atoms with E-state index < -0.39 is 23.1 Å². The minimum absolute atomic E-state index is 0.508. The van der Waals surface area contributed by atoms with Gasteiger partial charge in [-0.1, -0.05) is 312 Å². The number of nitrogens with one attached hydrogen (secondary N) is 3. The van der Waals surface area contributed by atoms with E-state index in [4.69, 9.17) is 58.0 Å². The summed E-state index contributed by atoms with van der Waals surface area (Å²) in [5, 5.41) is 17.5. The molecule has 4 aromatic carbocycles. The summed E-state index contributed by atoms with van der Waals surface area (Å²) >= 11 is 0. The van der Waals surface area contributed by atoms with Crippen LogP contribution in [0.4, 0.5) is 11.9 Å². The lowest BCUT2D eigenvalue weighted by atomic mass is 9.83. The lowest BCUT2D eigenvalue weighted by molar-refractivity contribution is -0.277. The fourth-order valence-electron chi connectivity index (χ4n) is 19.4. The predicted octanol–water partition coefficient (Wildman–Crippen LogP) is 25.0. The van der Waals surface area contributed by atoms with Gasteiger partial charge in [-0.2, -0.15) is 4.98 Å². The molecular weight excluding hydrogens is 1460 g/mol. The first-order chi connectivity index (χ1) is 57.8. The molecule has 646 valence electrons. The van der Waals surface area contributed by atoms with Gasteiger partial charge in [0.25, 0.3) is 17.5 Å². The predicted molar refractivity (Wildman–Crippen MR) is 475 cm³/mol. The Bertz CT molecular complexity index is 3700. The number of H-pyrrole nitrogens is 1. The van der Waals surface area contributed by atoms with Gasteiger partial charge < -0.3 is 37.9 Å². The van der Waals surface area contributed by atoms with Gasteiger partial charge in [0.05, 0.1) is 52.9 Å². The Morgan fingerprint density at radius 3 is 0.778 bits per heavy atom. The highest BCUT2D eigenvalue weighted by Crippen LogP contribution is 2.72. The van der Waals surface area contributed by atoms with E-state index in [1.165, 1.54) is 205 Å². The van der Waals surface area contributed by atoms with Gasteiger partial charge in [-0.15, -0.1) is 5.10 Å². The van der Waals surface area contributed by atoms with Crippen molar-refractivity contribution >= 4 is 23.6 Å². The number of aliphatic imine (C=N–C) groups is 2. The molecule has 2 atom stereocenters. The Morgan fingerprint density at radius 2 is 0.513 bits per heavy atom. The van der Waals surface area contributed by atoms with Crippen molar-refractivity contribution in [2.75, 3.05) is 62.7 Å². The zero-order valence-corrected chi connectivity index (χ0v) is 74.0. The molecule has 19 nitrogen and oxygen atoms in total. The summed E-state index contributed by atoms with van der Waals surface area (Å²) in [7, 11) is 0. The molecule has 117 heavy (non-hydrogen) atoms. The van der Waals surface area contributed by atoms with Crippen molar-refractivity contribution in [1.29, 1.82) is 0 Å². The molecule has 0 aliphatic carbocycles. The van der Waals surface area contributed by atoms with Gasteiger partial charge in [0.1, 0.15) is 11.7 Å². The first kappa shape index (κ1) is 87.7. The molecule has 10 bridgehead atoms. The molecular formula is C98H151N11O8. The van der Waals surface area contributed by atoms with E-state index in [0.717, 1.165) is 193 Å². The van der Waals surface area contributed by atoms with Gasteiger partial charge in [0.15, 0.2) is 46.0 Å². The van der Waals surface area contributed by atoms with Crippen molar-refractivity contribution in [2.24, 2.45) is 9.98 Å². The monoisotopic (exact) mass is 1610 g/mol. The van der Waals surface area contributed by atoms with E-state index in [-0.39, 0.29) is 0 Å². The van der Waals surface area contributed by atoms with Gasteiger partial charge in [0.2, 0.25) is 17.5 Å². The molecule has 0 radical (unpaired) electrons. The third kappa shape index (κ3) is 19.0. The topological polar surface area (TPSA) is 177 Å². The summed E-state index contributed by atoms with van der Waals surface area (Å²) in [5.74, 6) is 3.53. The largest absolute Gasteiger partial charge is 0.490 e. The van der Waals surface area contributed by atoms with Crippen LogP contribution in [0, 0.1) is 0 Å². The fraction of sp³-hybridized carbons (Fsp3) is 0.714. The molecule has 2 fully saturated rings. The number of aromatic amines is 1. The van der Waals surface area contributed by atoms with Gasteiger partial charge in [-0.05, 0) is 111 Å². The molecule has 2 saturated heterocycles. The number of hydrogen-bond donors (Lipinski definition) is 3. The highest BCUT2D eigenvalue weighted by atomic mass is 16.5. The molecule has 13 heterocycles. The Kier molecular flexibility index (Phi) is 32.9. The minimum Gasteiger partial charge on any atom is -0.490 e. The van der Waals surface area contributed by atoms with Crippen LogP contribution in [0.5, 0.6) is 46.0 Å². The van der Waals surface area contributed by atoms with Gasteiger partial charge in [-0.25, -0.2) is 24.9 Å². The van der Waals surface area contributed by atoms with Crippen LogP contribution in [0.1, 0.15) is 408 Å². The quantitative estimate of drug-likeness (QED) is 0.0313. The zero-order valence-electron chi connectivity index (χ0n) is 74.0. The average Bonchev–Trinajstić information content (AvgIpc) is 1.38. The number of benzene rings is 4. The van der Waals surface area contributed by atoms with E-state index in [1.54, 1.807) is 0 Å². The SMILES string of the molecule is CCCCCCCCOc1cc2c(cc1OCCCCCCCC)C1(NC2)N2C3=NC4(c5cc(OCCCCCCCC)c(OCCCCCCCC)cc53)N3c5n[nH]c(n5)N4C34N=C(c3cc(OCCCCCCCC)c(OCCCCCCCC)cc34)N1C21NCc2cc(OCCCCCCCC)c(OCCCCCCCC)cc21. The number of anilines is 2. The lowest BCUT2D eigenvalue weighted by Gasteiger charge is -2.72. The summed E-state index contributed by atoms with van der Waals surface area (Å²) in [6.45, 7) is 23.9. The van der Waals surface area contributed by atoms with Crippen molar-refractivity contribution in [2.45, 2.75) is 400 Å². The molecule has 12 aliphatic rings. The van der Waals surface area contributed by atoms with Gasteiger partial charge in [0, 0.05) is 46.5 Å². The van der Waals surface area contributed by atoms with Crippen LogP contribution >= 0.6 is 0 Å². The van der Waals surface area contributed by atoms with E-state index in [2.05, 4.69) is 139 Å². The average molecular weight is 1610 g/mol. The summed E-state index contributed by atoms with van der Waals surface area (Å²) < 4.78 is 57.7. The van der Waals surface area contributed by atoms with Crippen LogP contribution < -0.4 is 58.3 Å². The van der Waals surface area contributed by atoms with Crippen molar-refractivity contribution in [3.8, 4) is 46.0 Å². The molecule has 12 aliphatic heterocycles. The van der Waals surface area contributed by atoms with Crippen molar-refractivity contribution in [3.63, 3.8) is 0 Å². The second-order valence-corrected chi connectivity index (χ2v) is 35.0. The van der Waals surface area contributed by atoms with Gasteiger partial charge >= 0.3 is 0 Å². The van der Waals surface area contributed by atoms with Gasteiger partial charge in [-0.3, -0.25) is 20.4 Å². The Hall–Kier alpha value is -7.12. The van der Waals surface area contributed by atoms with Crippen molar-refractivity contribution in [3.05, 3.63) is 93.0 Å². The van der Waals surface area contributed by atoms with E-state index in [1.807, 2.05) is 0 Å². The van der Waals surface area contributed by atoms with E-state index in [0.29, 0.717) is 89.3 Å². The summed E-state index contributed by atoms with van der Waals surface area (Å²) in [6, 6.07) is 18.4. The summed E-state index contributed by atoms with van der Waals surface area (Å²) in [5.41, 5.74) is 8.05. The second kappa shape index (κ2) is 43.9. The highest BCUT2D eigenvalue weighted by molar-refractivity contribution is 6.13. The zero-order chi connectivity index (χ0) is 81.1. The lowest BCUT2D eigenvalue weighted by Crippen LogP contribution is -2.91. The molecule has 0 saturated carbocycles. The van der Waals surface area contributed by atoms with Crippen LogP contribution in [0.2, 0.25) is 0 Å². The number of ether oxygens (including phenoxy) is 8. The number of rotatable bonds is 64. The third-order valence-corrected chi connectivity index (χ3v) is 25.9. The van der Waals surface area contributed by atoms with Crippen molar-refractivity contribution < 1.29 is 37.9 Å². The maximum Gasteiger partial charge on any atom is 0.253 e. The highest BCUT2D eigenvalue weighted by Gasteiger charge is 2.84. The molecule has 4 spiro atoms. The number of nitrogens with zero attached hydrogens (tertiary/aromatic N) is 8. The first-order valence-electron chi connectivity index (χ1n) is 48.4. The normalized spacial score (nSPS) is 19.5. The Labute approximate surface area is 704 Å². The molecule has 0 amide bonds. The van der Waals surface area contributed by atoms with E-state index >= 15 is 0 Å². The number of hydrogen-bond acceptors (Lipinski definition) is 18. The van der Waals surface area contributed by atoms with Crippen LogP contribution in [-0.4, -0.2) is 89.5 Å². The first-order valence-corrected chi connectivity index (χ1v) is 48.4. The number of aromatic nitrogens is 3. The maximum atomic E-state index is 7.27. The van der Waals surface area contributed by atoms with Crippen LogP contribution in [-0.2, 0) is 36.2 Å². The summed E-state index contributed by atoms with van der Waals surface area (Å²) in [4.78, 5) is 28.2. The summed E-state index contributed by atoms with van der Waals surface area (Å²) in [6.07, 6.45) is 55.5. The number of amidine groups is 2. The smallest absolute Gasteiger partial charge is 0.253 e. The minimum atomic E-state index is -1.30. The fourth-order valence-corrected chi connectivity index (χ4v) is 19.4. The molecule has 19 heteroatoms. The molecule has 5 aromatic rings. The molecule has 17 rings (SSSR count). The van der Waals surface area contributed by atoms with E-state index in [9.17, 15) is 0 Å². The second-order valence-electron chi connectivity index (χ2n) is 35.0. The molecule has 2 unspecified atom stereocenters. The van der Waals surface area contributed by atoms with Crippen LogP contribution in [0.3, 0.4) is 0 Å². The molecule has 1 aromatic heterocycles. The number of unbranched alkanes of at least 4 members (excludes halogenated alkanes) is 40.